The molecule has 0 bridgehead atoms. The van der Waals surface area contributed by atoms with Gasteiger partial charge in [-0.15, -0.1) is 0 Å². The predicted octanol–water partition coefficient (Wildman–Crippen LogP) is 4.40. The van der Waals surface area contributed by atoms with E-state index in [1.807, 2.05) is 6.26 Å². The highest BCUT2D eigenvalue weighted by atomic mass is 28.4. The highest BCUT2D eigenvalue weighted by molar-refractivity contribution is 6.84. The highest BCUT2D eigenvalue weighted by Crippen LogP contribution is 2.36. The molecule has 0 radical (unpaired) electrons. The van der Waals surface area contributed by atoms with E-state index in [2.05, 4.69) is 59.2 Å². The Balaban J connectivity index is 4.38. The molecule has 0 aromatic rings. The van der Waals surface area contributed by atoms with Gasteiger partial charge in [-0.1, -0.05) is 39.6 Å². The summed E-state index contributed by atoms with van der Waals surface area (Å²) in [4.78, 5) is 0. The largest absolute Gasteiger partial charge is 0.550 e. The summed E-state index contributed by atoms with van der Waals surface area (Å²) >= 11 is 0. The Labute approximate surface area is 91.7 Å². The van der Waals surface area contributed by atoms with E-state index in [0.29, 0.717) is 5.04 Å². The molecule has 0 saturated carbocycles. The van der Waals surface area contributed by atoms with Crippen molar-refractivity contribution in [3.05, 3.63) is 12.0 Å². The lowest BCUT2D eigenvalue weighted by atomic mass is 10.2. The molecular weight excluding hydrogens is 204 g/mol. The van der Waals surface area contributed by atoms with E-state index in [4.69, 9.17) is 4.43 Å². The Bertz CT molecular complexity index is 206. The lowest BCUT2D eigenvalue weighted by molar-refractivity contribution is 0.480. The van der Waals surface area contributed by atoms with E-state index in [9.17, 15) is 0 Å². The molecule has 0 atom stereocenters. The molecule has 0 N–H and O–H groups in total. The summed E-state index contributed by atoms with van der Waals surface area (Å²) in [6, 6.07) is 0. The van der Waals surface area contributed by atoms with E-state index in [-0.39, 0.29) is 0 Å². The Morgan fingerprint density at radius 1 is 0.929 bits per heavy atom. The van der Waals surface area contributed by atoms with Crippen LogP contribution in [0.25, 0.3) is 0 Å². The van der Waals surface area contributed by atoms with Gasteiger partial charge in [-0.2, -0.15) is 0 Å². The molecule has 14 heavy (non-hydrogen) atoms. The van der Waals surface area contributed by atoms with Gasteiger partial charge in [0.05, 0.1) is 14.3 Å². The summed E-state index contributed by atoms with van der Waals surface area (Å²) in [6.45, 7) is 18.4. The molecule has 0 saturated heterocycles. The van der Waals surface area contributed by atoms with Gasteiger partial charge >= 0.3 is 0 Å². The lowest BCUT2D eigenvalue weighted by Gasteiger charge is -2.34. The van der Waals surface area contributed by atoms with Gasteiger partial charge in [0.2, 0.25) is 8.32 Å². The number of hydrogen-bond acceptors (Lipinski definition) is 1. The molecule has 0 spiro atoms. The summed E-state index contributed by atoms with van der Waals surface area (Å²) < 4.78 is 5.75. The first kappa shape index (κ1) is 14.0. The second-order valence-corrected chi connectivity index (χ2v) is 16.2. The molecule has 0 aromatic heterocycles. The third-order valence-electron chi connectivity index (χ3n) is 2.84. The first-order chi connectivity index (χ1) is 5.96. The molecule has 3 heteroatoms. The van der Waals surface area contributed by atoms with Crippen molar-refractivity contribution in [1.82, 2.24) is 0 Å². The lowest BCUT2D eigenvalue weighted by Crippen LogP contribution is -2.35. The van der Waals surface area contributed by atoms with Crippen molar-refractivity contribution in [2.24, 2.45) is 0 Å². The fourth-order valence-electron chi connectivity index (χ4n) is 0.658. The van der Waals surface area contributed by atoms with Crippen molar-refractivity contribution >= 4 is 16.4 Å². The molecule has 84 valence electrons. The van der Waals surface area contributed by atoms with Gasteiger partial charge < -0.3 is 4.43 Å². The smallest absolute Gasteiger partial charge is 0.241 e. The Kier molecular flexibility index (Phi) is 4.22. The van der Waals surface area contributed by atoms with Crippen LogP contribution in [0.2, 0.25) is 37.8 Å². The summed E-state index contributed by atoms with van der Waals surface area (Å²) in [5.74, 6) is 0. The first-order valence-corrected chi connectivity index (χ1v) is 11.8. The molecule has 0 aliphatic rings. The van der Waals surface area contributed by atoms with E-state index in [1.54, 1.807) is 0 Å². The molecule has 0 aromatic carbocycles. The topological polar surface area (TPSA) is 9.23 Å². The van der Waals surface area contributed by atoms with Gasteiger partial charge in [0.25, 0.3) is 0 Å². The van der Waals surface area contributed by atoms with Gasteiger partial charge in [-0.3, -0.25) is 0 Å². The Hall–Kier alpha value is -0.0262. The van der Waals surface area contributed by atoms with Crippen molar-refractivity contribution in [3.8, 4) is 0 Å². The van der Waals surface area contributed by atoms with Crippen molar-refractivity contribution in [2.75, 3.05) is 0 Å². The minimum absolute atomic E-state index is 0.409. The van der Waals surface area contributed by atoms with Gasteiger partial charge in [0, 0.05) is 0 Å². The highest BCUT2D eigenvalue weighted by Gasteiger charge is 2.32. The quantitative estimate of drug-likeness (QED) is 0.516. The average molecular weight is 230 g/mol. The summed E-state index contributed by atoms with van der Waals surface area (Å²) in [5.41, 5.74) is 2.32. The van der Waals surface area contributed by atoms with Crippen LogP contribution in [-0.4, -0.2) is 16.4 Å². The SMILES string of the molecule is CC(C)(C)[Si](C)(C)/C=C\O[Si](C)(C)C. The Morgan fingerprint density at radius 3 is 1.64 bits per heavy atom. The van der Waals surface area contributed by atoms with Crippen LogP contribution >= 0.6 is 0 Å². The minimum atomic E-state index is -1.38. The maximum absolute atomic E-state index is 5.75. The number of hydrogen-bond donors (Lipinski definition) is 0. The van der Waals surface area contributed by atoms with E-state index >= 15 is 0 Å². The molecular formula is C11H26OSi2. The fourth-order valence-corrected chi connectivity index (χ4v) is 2.18. The van der Waals surface area contributed by atoms with Crippen LogP contribution in [0, 0.1) is 0 Å². The minimum Gasteiger partial charge on any atom is -0.550 e. The van der Waals surface area contributed by atoms with Crippen LogP contribution in [0.15, 0.2) is 12.0 Å². The van der Waals surface area contributed by atoms with Crippen molar-refractivity contribution < 1.29 is 4.43 Å². The molecule has 0 unspecified atom stereocenters. The maximum atomic E-state index is 5.75. The third-order valence-corrected chi connectivity index (χ3v) is 8.52. The van der Waals surface area contributed by atoms with Crippen LogP contribution in [0.3, 0.4) is 0 Å². The average Bonchev–Trinajstić information content (AvgIpc) is 1.80. The molecule has 1 nitrogen and oxygen atoms in total. The zero-order valence-corrected chi connectivity index (χ0v) is 13.1. The fraction of sp³-hybridized carbons (Fsp3) is 0.818. The van der Waals surface area contributed by atoms with Crippen LogP contribution in [0.1, 0.15) is 20.8 Å². The van der Waals surface area contributed by atoms with Crippen molar-refractivity contribution in [2.45, 2.75) is 58.5 Å². The summed E-state index contributed by atoms with van der Waals surface area (Å²) in [5, 5.41) is 0.409. The van der Waals surface area contributed by atoms with E-state index in [1.165, 1.54) is 0 Å². The normalized spacial score (nSPS) is 14.9. The monoisotopic (exact) mass is 230 g/mol. The standard InChI is InChI=1S/C11H26OSi2/c1-11(2,3)14(7,8)10-9-12-13(4,5)6/h9-10H,1-8H3/b10-9-. The summed E-state index contributed by atoms with van der Waals surface area (Å²) in [7, 11) is -2.67. The van der Waals surface area contributed by atoms with E-state index in [0.717, 1.165) is 0 Å². The molecule has 0 rings (SSSR count). The van der Waals surface area contributed by atoms with E-state index < -0.39 is 16.4 Å². The third kappa shape index (κ3) is 5.00. The van der Waals surface area contributed by atoms with Gasteiger partial charge in [0.15, 0.2) is 0 Å². The predicted molar refractivity (Wildman–Crippen MR) is 70.8 cm³/mol. The second-order valence-electron chi connectivity index (χ2n) is 6.50. The molecule has 0 aliphatic heterocycles. The zero-order valence-electron chi connectivity index (χ0n) is 11.1. The van der Waals surface area contributed by atoms with Crippen LogP contribution in [0.4, 0.5) is 0 Å². The maximum Gasteiger partial charge on any atom is 0.241 e. The summed E-state index contributed by atoms with van der Waals surface area (Å²) in [6.07, 6.45) is 1.96. The van der Waals surface area contributed by atoms with Crippen LogP contribution in [-0.2, 0) is 4.43 Å². The van der Waals surface area contributed by atoms with Crippen LogP contribution in [0.5, 0.6) is 0 Å². The van der Waals surface area contributed by atoms with Crippen molar-refractivity contribution in [3.63, 3.8) is 0 Å². The van der Waals surface area contributed by atoms with Gasteiger partial charge in [-0.05, 0) is 24.7 Å². The van der Waals surface area contributed by atoms with Crippen LogP contribution < -0.4 is 0 Å². The molecule has 0 amide bonds. The zero-order chi connectivity index (χ0) is 11.6. The van der Waals surface area contributed by atoms with Gasteiger partial charge in [-0.25, -0.2) is 0 Å². The second kappa shape index (κ2) is 4.23. The van der Waals surface area contributed by atoms with Crippen molar-refractivity contribution in [1.29, 1.82) is 0 Å². The first-order valence-electron chi connectivity index (χ1n) is 5.31. The molecule has 0 fully saturated rings. The Morgan fingerprint density at radius 2 is 1.36 bits per heavy atom. The molecule has 0 aliphatic carbocycles. The number of rotatable bonds is 3. The molecule has 0 heterocycles. The van der Waals surface area contributed by atoms with Gasteiger partial charge in [0.1, 0.15) is 0 Å².